The Morgan fingerprint density at radius 1 is 1.33 bits per heavy atom. The first-order valence-electron chi connectivity index (χ1n) is 6.69. The van der Waals surface area contributed by atoms with Crippen molar-refractivity contribution in [2.75, 3.05) is 0 Å². The number of aliphatic hydroxyl groups excluding tert-OH is 1. The Labute approximate surface area is 95.3 Å². The highest BCUT2D eigenvalue weighted by molar-refractivity contribution is 4.99. The second-order valence-electron chi connectivity index (χ2n) is 6.02. The molecule has 1 aliphatic carbocycles. The van der Waals surface area contributed by atoms with Crippen molar-refractivity contribution in [3.63, 3.8) is 0 Å². The second kappa shape index (κ2) is 5.34. The number of hydrogen-bond donors (Lipinski definition) is 1. The average molecular weight is 212 g/mol. The van der Waals surface area contributed by atoms with Crippen LogP contribution in [-0.2, 0) is 0 Å². The molecular formula is C14H28O. The van der Waals surface area contributed by atoms with Crippen LogP contribution in [-0.4, -0.2) is 11.2 Å². The fraction of sp³-hybridized carbons (Fsp3) is 1.00. The van der Waals surface area contributed by atoms with E-state index in [-0.39, 0.29) is 6.10 Å². The maximum atomic E-state index is 10.1. The van der Waals surface area contributed by atoms with E-state index in [1.807, 2.05) is 0 Å². The highest BCUT2D eigenvalue weighted by Gasteiger charge is 2.49. The average Bonchev–Trinajstić information content (AvgIpc) is 2.82. The van der Waals surface area contributed by atoms with E-state index in [4.69, 9.17) is 0 Å². The van der Waals surface area contributed by atoms with Crippen LogP contribution in [0, 0.1) is 17.3 Å². The van der Waals surface area contributed by atoms with Crippen molar-refractivity contribution < 1.29 is 5.11 Å². The minimum Gasteiger partial charge on any atom is -0.393 e. The predicted molar refractivity (Wildman–Crippen MR) is 65.8 cm³/mol. The van der Waals surface area contributed by atoms with E-state index in [9.17, 15) is 5.11 Å². The predicted octanol–water partition coefficient (Wildman–Crippen LogP) is 4.00. The van der Waals surface area contributed by atoms with E-state index in [0.717, 1.165) is 12.3 Å². The summed E-state index contributed by atoms with van der Waals surface area (Å²) >= 11 is 0. The maximum absolute atomic E-state index is 10.1. The standard InChI is InChI=1S/C14H28O/c1-5-7-8-11(6-2)9-13(15)12-10-14(12,3)4/h11-13,15H,5-10H2,1-4H3. The first-order valence-corrected chi connectivity index (χ1v) is 6.69. The fourth-order valence-corrected chi connectivity index (χ4v) is 2.65. The molecule has 0 bridgehead atoms. The Kier molecular flexibility index (Phi) is 4.64. The van der Waals surface area contributed by atoms with Gasteiger partial charge in [0.2, 0.25) is 0 Å². The molecule has 1 saturated carbocycles. The first-order chi connectivity index (χ1) is 7.01. The zero-order valence-electron chi connectivity index (χ0n) is 10.9. The van der Waals surface area contributed by atoms with Gasteiger partial charge in [0.1, 0.15) is 0 Å². The molecule has 0 spiro atoms. The summed E-state index contributed by atoms with van der Waals surface area (Å²) < 4.78 is 0. The van der Waals surface area contributed by atoms with Gasteiger partial charge in [-0.15, -0.1) is 0 Å². The second-order valence-corrected chi connectivity index (χ2v) is 6.02. The van der Waals surface area contributed by atoms with Gasteiger partial charge in [-0.1, -0.05) is 53.4 Å². The summed E-state index contributed by atoms with van der Waals surface area (Å²) in [4.78, 5) is 0. The topological polar surface area (TPSA) is 20.2 Å². The van der Waals surface area contributed by atoms with Crippen LogP contribution in [0.25, 0.3) is 0 Å². The summed E-state index contributed by atoms with van der Waals surface area (Å²) in [6, 6.07) is 0. The number of hydrogen-bond acceptors (Lipinski definition) is 1. The van der Waals surface area contributed by atoms with Crippen molar-refractivity contribution in [3.05, 3.63) is 0 Å². The molecule has 0 aromatic rings. The van der Waals surface area contributed by atoms with E-state index >= 15 is 0 Å². The number of aliphatic hydroxyl groups is 1. The van der Waals surface area contributed by atoms with Crippen molar-refractivity contribution in [2.45, 2.75) is 72.3 Å². The largest absolute Gasteiger partial charge is 0.393 e. The van der Waals surface area contributed by atoms with Gasteiger partial charge in [-0.05, 0) is 30.1 Å². The third-order valence-electron chi connectivity index (χ3n) is 4.17. The van der Waals surface area contributed by atoms with Gasteiger partial charge in [-0.2, -0.15) is 0 Å². The van der Waals surface area contributed by atoms with E-state index in [1.165, 1.54) is 32.1 Å². The molecule has 3 atom stereocenters. The molecule has 0 heterocycles. The van der Waals surface area contributed by atoms with E-state index in [1.54, 1.807) is 0 Å². The molecule has 0 amide bonds. The van der Waals surface area contributed by atoms with Crippen LogP contribution in [0.4, 0.5) is 0 Å². The molecule has 90 valence electrons. The van der Waals surface area contributed by atoms with Crippen LogP contribution in [0.1, 0.15) is 66.2 Å². The van der Waals surface area contributed by atoms with Crippen LogP contribution in [0.5, 0.6) is 0 Å². The lowest BCUT2D eigenvalue weighted by Crippen LogP contribution is -2.18. The zero-order chi connectivity index (χ0) is 11.5. The Morgan fingerprint density at radius 2 is 1.93 bits per heavy atom. The van der Waals surface area contributed by atoms with Crippen LogP contribution in [0.2, 0.25) is 0 Å². The van der Waals surface area contributed by atoms with Crippen molar-refractivity contribution in [1.82, 2.24) is 0 Å². The van der Waals surface area contributed by atoms with Crippen molar-refractivity contribution >= 4 is 0 Å². The molecule has 1 aliphatic rings. The van der Waals surface area contributed by atoms with Gasteiger partial charge in [-0.25, -0.2) is 0 Å². The minimum atomic E-state index is -0.0400. The molecule has 0 aromatic carbocycles. The van der Waals surface area contributed by atoms with Crippen LogP contribution < -0.4 is 0 Å². The smallest absolute Gasteiger partial charge is 0.0576 e. The van der Waals surface area contributed by atoms with Gasteiger partial charge in [0, 0.05) is 0 Å². The number of unbranched alkanes of at least 4 members (excludes halogenated alkanes) is 1. The van der Waals surface area contributed by atoms with Crippen molar-refractivity contribution in [2.24, 2.45) is 17.3 Å². The molecule has 1 N–H and O–H groups in total. The summed E-state index contributed by atoms with van der Waals surface area (Å²) in [7, 11) is 0. The van der Waals surface area contributed by atoms with Gasteiger partial charge < -0.3 is 5.11 Å². The van der Waals surface area contributed by atoms with Crippen molar-refractivity contribution in [1.29, 1.82) is 0 Å². The van der Waals surface area contributed by atoms with Crippen LogP contribution in [0.15, 0.2) is 0 Å². The lowest BCUT2D eigenvalue weighted by molar-refractivity contribution is 0.104. The molecule has 0 saturated heterocycles. The summed E-state index contributed by atoms with van der Waals surface area (Å²) in [6.45, 7) is 9.04. The van der Waals surface area contributed by atoms with Crippen molar-refractivity contribution in [3.8, 4) is 0 Å². The fourth-order valence-electron chi connectivity index (χ4n) is 2.65. The quantitative estimate of drug-likeness (QED) is 0.676. The SMILES string of the molecule is CCCCC(CC)CC(O)C1CC1(C)C. The number of rotatable bonds is 7. The van der Waals surface area contributed by atoms with E-state index < -0.39 is 0 Å². The molecule has 1 heteroatoms. The molecule has 0 radical (unpaired) electrons. The Morgan fingerprint density at radius 3 is 2.33 bits per heavy atom. The summed E-state index contributed by atoms with van der Waals surface area (Å²) in [5.74, 6) is 1.32. The third-order valence-corrected chi connectivity index (χ3v) is 4.17. The molecule has 1 fully saturated rings. The molecule has 0 aliphatic heterocycles. The summed E-state index contributed by atoms with van der Waals surface area (Å²) in [5, 5.41) is 10.1. The monoisotopic (exact) mass is 212 g/mol. The first kappa shape index (κ1) is 13.0. The molecule has 1 rings (SSSR count). The van der Waals surface area contributed by atoms with E-state index in [2.05, 4.69) is 27.7 Å². The highest BCUT2D eigenvalue weighted by atomic mass is 16.3. The van der Waals surface area contributed by atoms with Gasteiger partial charge in [0.05, 0.1) is 6.10 Å². The maximum Gasteiger partial charge on any atom is 0.0576 e. The Hall–Kier alpha value is -0.0400. The van der Waals surface area contributed by atoms with E-state index in [0.29, 0.717) is 11.3 Å². The summed E-state index contributed by atoms with van der Waals surface area (Å²) in [6.07, 6.45) is 7.34. The lowest BCUT2D eigenvalue weighted by atomic mass is 9.90. The van der Waals surface area contributed by atoms with Gasteiger partial charge in [0.15, 0.2) is 0 Å². The van der Waals surface area contributed by atoms with Gasteiger partial charge >= 0.3 is 0 Å². The molecule has 0 aromatic heterocycles. The van der Waals surface area contributed by atoms with Crippen LogP contribution >= 0.6 is 0 Å². The normalized spacial score (nSPS) is 27.4. The summed E-state index contributed by atoms with van der Waals surface area (Å²) in [5.41, 5.74) is 0.419. The lowest BCUT2D eigenvalue weighted by Gasteiger charge is -2.19. The molecule has 3 unspecified atom stereocenters. The molecular weight excluding hydrogens is 184 g/mol. The molecule has 1 nitrogen and oxygen atoms in total. The van der Waals surface area contributed by atoms with Gasteiger partial charge in [0.25, 0.3) is 0 Å². The van der Waals surface area contributed by atoms with Gasteiger partial charge in [-0.3, -0.25) is 0 Å². The Bertz CT molecular complexity index is 186. The zero-order valence-corrected chi connectivity index (χ0v) is 10.9. The highest BCUT2D eigenvalue weighted by Crippen LogP contribution is 2.54. The molecule has 15 heavy (non-hydrogen) atoms. The Balaban J connectivity index is 2.26. The third kappa shape index (κ3) is 3.79. The van der Waals surface area contributed by atoms with Crippen LogP contribution in [0.3, 0.4) is 0 Å². The minimum absolute atomic E-state index is 0.0400.